The van der Waals surface area contributed by atoms with Gasteiger partial charge in [-0.3, -0.25) is 9.69 Å². The summed E-state index contributed by atoms with van der Waals surface area (Å²) in [5, 5.41) is 0. The standard InChI is InChI=1S/C22H29N3O/c1-3-23(4-2)18-19-10-12-20(13-11-19)22(26)25-16-14-24(15-17-25)21-8-6-5-7-9-21/h5-13H,3-4,14-18H2,1-2H3. The highest BCUT2D eigenvalue weighted by Crippen LogP contribution is 2.17. The van der Waals surface area contributed by atoms with Crippen LogP contribution in [-0.2, 0) is 6.54 Å². The first kappa shape index (κ1) is 18.5. The van der Waals surface area contributed by atoms with Gasteiger partial charge in [-0.05, 0) is 42.9 Å². The second-order valence-corrected chi connectivity index (χ2v) is 6.77. The summed E-state index contributed by atoms with van der Waals surface area (Å²) in [6.07, 6.45) is 0. The number of nitrogens with zero attached hydrogens (tertiary/aromatic N) is 3. The molecule has 1 aliphatic heterocycles. The van der Waals surface area contributed by atoms with Crippen molar-refractivity contribution in [1.29, 1.82) is 0 Å². The van der Waals surface area contributed by atoms with E-state index in [9.17, 15) is 4.79 Å². The van der Waals surface area contributed by atoms with Gasteiger partial charge in [-0.25, -0.2) is 0 Å². The number of anilines is 1. The van der Waals surface area contributed by atoms with Crippen LogP contribution >= 0.6 is 0 Å². The predicted octanol–water partition coefficient (Wildman–Crippen LogP) is 3.49. The molecule has 2 aromatic rings. The highest BCUT2D eigenvalue weighted by atomic mass is 16.2. The minimum absolute atomic E-state index is 0.145. The molecule has 26 heavy (non-hydrogen) atoms. The molecule has 0 spiro atoms. The summed E-state index contributed by atoms with van der Waals surface area (Å²) < 4.78 is 0. The molecule has 3 rings (SSSR count). The maximum absolute atomic E-state index is 12.8. The third-order valence-corrected chi connectivity index (χ3v) is 5.19. The lowest BCUT2D eigenvalue weighted by Crippen LogP contribution is -2.48. The average Bonchev–Trinajstić information content (AvgIpc) is 2.72. The number of carbonyl (C=O) groups excluding carboxylic acids is 1. The third-order valence-electron chi connectivity index (χ3n) is 5.19. The van der Waals surface area contributed by atoms with Crippen LogP contribution in [0.5, 0.6) is 0 Å². The zero-order valence-electron chi connectivity index (χ0n) is 15.9. The zero-order valence-corrected chi connectivity index (χ0v) is 15.9. The van der Waals surface area contributed by atoms with Crippen LogP contribution in [0, 0.1) is 0 Å². The zero-order chi connectivity index (χ0) is 18.4. The molecule has 2 aromatic carbocycles. The molecular formula is C22H29N3O. The molecule has 1 heterocycles. The van der Waals surface area contributed by atoms with E-state index in [-0.39, 0.29) is 5.91 Å². The Hall–Kier alpha value is -2.33. The Morgan fingerprint density at radius 1 is 0.885 bits per heavy atom. The van der Waals surface area contributed by atoms with Gasteiger partial charge in [0.2, 0.25) is 0 Å². The minimum Gasteiger partial charge on any atom is -0.368 e. The number of carbonyl (C=O) groups is 1. The molecule has 0 saturated carbocycles. The Labute approximate surface area is 157 Å². The normalized spacial score (nSPS) is 14.7. The van der Waals surface area contributed by atoms with E-state index in [1.54, 1.807) is 0 Å². The molecule has 0 atom stereocenters. The van der Waals surface area contributed by atoms with E-state index in [1.165, 1.54) is 11.3 Å². The summed E-state index contributed by atoms with van der Waals surface area (Å²) >= 11 is 0. The maximum atomic E-state index is 12.8. The Balaban J connectivity index is 1.56. The SMILES string of the molecule is CCN(CC)Cc1ccc(C(=O)N2CCN(c3ccccc3)CC2)cc1. The molecule has 1 amide bonds. The molecule has 1 saturated heterocycles. The highest BCUT2D eigenvalue weighted by molar-refractivity contribution is 5.94. The van der Waals surface area contributed by atoms with Gasteiger partial charge in [0.25, 0.3) is 5.91 Å². The van der Waals surface area contributed by atoms with Gasteiger partial charge in [-0.1, -0.05) is 44.2 Å². The van der Waals surface area contributed by atoms with E-state index in [2.05, 4.69) is 60.0 Å². The summed E-state index contributed by atoms with van der Waals surface area (Å²) in [7, 11) is 0. The number of benzene rings is 2. The largest absolute Gasteiger partial charge is 0.368 e. The van der Waals surface area contributed by atoms with Crippen molar-refractivity contribution in [3.63, 3.8) is 0 Å². The van der Waals surface area contributed by atoms with E-state index in [0.29, 0.717) is 0 Å². The Morgan fingerprint density at radius 2 is 1.50 bits per heavy atom. The molecule has 0 bridgehead atoms. The van der Waals surface area contributed by atoms with Gasteiger partial charge in [-0.2, -0.15) is 0 Å². The van der Waals surface area contributed by atoms with Crippen LogP contribution in [0.4, 0.5) is 5.69 Å². The molecule has 138 valence electrons. The Kier molecular flexibility index (Phi) is 6.29. The van der Waals surface area contributed by atoms with Crippen molar-refractivity contribution < 1.29 is 4.79 Å². The summed E-state index contributed by atoms with van der Waals surface area (Å²) in [6.45, 7) is 10.7. The molecular weight excluding hydrogens is 322 g/mol. The second-order valence-electron chi connectivity index (χ2n) is 6.77. The number of hydrogen-bond donors (Lipinski definition) is 0. The van der Waals surface area contributed by atoms with Crippen LogP contribution in [-0.4, -0.2) is 55.0 Å². The number of para-hydroxylation sites is 1. The van der Waals surface area contributed by atoms with Crippen LogP contribution in [0.25, 0.3) is 0 Å². The van der Waals surface area contributed by atoms with Gasteiger partial charge in [-0.15, -0.1) is 0 Å². The smallest absolute Gasteiger partial charge is 0.253 e. The first-order valence-electron chi connectivity index (χ1n) is 9.61. The van der Waals surface area contributed by atoms with Gasteiger partial charge < -0.3 is 9.80 Å². The van der Waals surface area contributed by atoms with Crippen LogP contribution in [0.15, 0.2) is 54.6 Å². The van der Waals surface area contributed by atoms with E-state index in [1.807, 2.05) is 23.1 Å². The first-order valence-corrected chi connectivity index (χ1v) is 9.61. The Bertz CT molecular complexity index is 687. The van der Waals surface area contributed by atoms with E-state index in [0.717, 1.165) is 51.4 Å². The van der Waals surface area contributed by atoms with Crippen molar-refractivity contribution in [3.05, 3.63) is 65.7 Å². The van der Waals surface area contributed by atoms with Crippen molar-refractivity contribution in [1.82, 2.24) is 9.80 Å². The second kappa shape index (κ2) is 8.86. The molecule has 4 heteroatoms. The van der Waals surface area contributed by atoms with Crippen LogP contribution in [0.1, 0.15) is 29.8 Å². The fraction of sp³-hybridized carbons (Fsp3) is 0.409. The minimum atomic E-state index is 0.145. The lowest BCUT2D eigenvalue weighted by molar-refractivity contribution is 0.0747. The number of piperazine rings is 1. The molecule has 1 aliphatic rings. The van der Waals surface area contributed by atoms with Crippen molar-refractivity contribution in [3.8, 4) is 0 Å². The molecule has 0 radical (unpaired) electrons. The van der Waals surface area contributed by atoms with Gasteiger partial charge in [0.1, 0.15) is 0 Å². The molecule has 0 unspecified atom stereocenters. The molecule has 0 aromatic heterocycles. The van der Waals surface area contributed by atoms with E-state index < -0.39 is 0 Å². The number of amides is 1. The van der Waals surface area contributed by atoms with Crippen LogP contribution < -0.4 is 4.90 Å². The lowest BCUT2D eigenvalue weighted by Gasteiger charge is -2.36. The predicted molar refractivity (Wildman–Crippen MR) is 108 cm³/mol. The van der Waals surface area contributed by atoms with Crippen LogP contribution in [0.2, 0.25) is 0 Å². The molecule has 0 aliphatic carbocycles. The van der Waals surface area contributed by atoms with E-state index >= 15 is 0 Å². The van der Waals surface area contributed by atoms with Gasteiger partial charge >= 0.3 is 0 Å². The summed E-state index contributed by atoms with van der Waals surface area (Å²) in [5.74, 6) is 0.145. The third kappa shape index (κ3) is 4.44. The van der Waals surface area contributed by atoms with Gasteiger partial charge in [0, 0.05) is 44.0 Å². The molecule has 1 fully saturated rings. The van der Waals surface area contributed by atoms with Crippen molar-refractivity contribution >= 4 is 11.6 Å². The highest BCUT2D eigenvalue weighted by Gasteiger charge is 2.22. The van der Waals surface area contributed by atoms with Gasteiger partial charge in [0.15, 0.2) is 0 Å². The quantitative estimate of drug-likeness (QED) is 0.797. The molecule has 0 N–H and O–H groups in total. The number of hydrogen-bond acceptors (Lipinski definition) is 3. The fourth-order valence-corrected chi connectivity index (χ4v) is 3.45. The summed E-state index contributed by atoms with van der Waals surface area (Å²) in [5.41, 5.74) is 3.29. The fourth-order valence-electron chi connectivity index (χ4n) is 3.45. The van der Waals surface area contributed by atoms with Crippen molar-refractivity contribution in [2.24, 2.45) is 0 Å². The average molecular weight is 351 g/mol. The van der Waals surface area contributed by atoms with Crippen molar-refractivity contribution in [2.45, 2.75) is 20.4 Å². The maximum Gasteiger partial charge on any atom is 0.253 e. The first-order chi connectivity index (χ1) is 12.7. The number of rotatable bonds is 6. The summed E-state index contributed by atoms with van der Waals surface area (Å²) in [4.78, 5) is 19.5. The van der Waals surface area contributed by atoms with Crippen LogP contribution in [0.3, 0.4) is 0 Å². The summed E-state index contributed by atoms with van der Waals surface area (Å²) in [6, 6.07) is 18.6. The lowest BCUT2D eigenvalue weighted by atomic mass is 10.1. The van der Waals surface area contributed by atoms with E-state index in [4.69, 9.17) is 0 Å². The van der Waals surface area contributed by atoms with Gasteiger partial charge in [0.05, 0.1) is 0 Å². The van der Waals surface area contributed by atoms with Crippen molar-refractivity contribution in [2.75, 3.05) is 44.2 Å². The topological polar surface area (TPSA) is 26.8 Å². The molecule has 4 nitrogen and oxygen atoms in total. The Morgan fingerprint density at radius 3 is 2.08 bits per heavy atom. The monoisotopic (exact) mass is 351 g/mol.